The minimum atomic E-state index is -0.263. The lowest BCUT2D eigenvalue weighted by Gasteiger charge is -2.19. The number of anilines is 2. The Labute approximate surface area is 106 Å². The summed E-state index contributed by atoms with van der Waals surface area (Å²) in [4.78, 5) is 11.2. The van der Waals surface area contributed by atoms with Crippen molar-refractivity contribution in [2.45, 2.75) is 19.1 Å². The van der Waals surface area contributed by atoms with Crippen LogP contribution in [0.1, 0.15) is 12.0 Å². The number of methoxy groups -OCH3 is 2. The third-order valence-electron chi connectivity index (χ3n) is 3.00. The molecule has 5 heteroatoms. The third kappa shape index (κ3) is 3.00. The van der Waals surface area contributed by atoms with Crippen LogP contribution in [0.5, 0.6) is 0 Å². The molecule has 2 N–H and O–H groups in total. The molecule has 1 aromatic carbocycles. The predicted octanol–water partition coefficient (Wildman–Crippen LogP) is 1.60. The number of ether oxygens (including phenoxy) is 2. The normalized spacial score (nSPS) is 14.3. The molecule has 0 radical (unpaired) electrons. The fourth-order valence-electron chi connectivity index (χ4n) is 1.96. The molecule has 0 aromatic heterocycles. The van der Waals surface area contributed by atoms with Crippen molar-refractivity contribution < 1.29 is 14.3 Å². The lowest BCUT2D eigenvalue weighted by atomic mass is 10.0. The van der Waals surface area contributed by atoms with Crippen molar-refractivity contribution in [1.82, 2.24) is 0 Å². The highest BCUT2D eigenvalue weighted by molar-refractivity contribution is 5.94. The van der Waals surface area contributed by atoms with E-state index in [9.17, 15) is 4.79 Å². The molecule has 98 valence electrons. The molecule has 1 aliphatic heterocycles. The summed E-state index contributed by atoms with van der Waals surface area (Å²) in [5.74, 6) is 0.0852. The minimum Gasteiger partial charge on any atom is -0.380 e. The second-order valence-electron chi connectivity index (χ2n) is 4.20. The first kappa shape index (κ1) is 12.9. The van der Waals surface area contributed by atoms with Gasteiger partial charge in [-0.15, -0.1) is 0 Å². The van der Waals surface area contributed by atoms with Crippen molar-refractivity contribution in [1.29, 1.82) is 0 Å². The number of nitrogens with one attached hydrogen (secondary N) is 2. The molecule has 1 heterocycles. The lowest BCUT2D eigenvalue weighted by molar-refractivity contribution is -0.116. The average molecular weight is 250 g/mol. The van der Waals surface area contributed by atoms with Crippen LogP contribution in [-0.4, -0.2) is 33.0 Å². The van der Waals surface area contributed by atoms with Crippen molar-refractivity contribution in [2.75, 3.05) is 31.4 Å². The summed E-state index contributed by atoms with van der Waals surface area (Å²) in [6.45, 7) is 0.581. The monoisotopic (exact) mass is 250 g/mol. The van der Waals surface area contributed by atoms with Crippen LogP contribution in [0, 0.1) is 0 Å². The number of carbonyl (C=O) groups is 1. The van der Waals surface area contributed by atoms with E-state index in [1.54, 1.807) is 14.2 Å². The summed E-state index contributed by atoms with van der Waals surface area (Å²) in [6, 6.07) is 5.91. The van der Waals surface area contributed by atoms with Crippen molar-refractivity contribution in [3.63, 3.8) is 0 Å². The van der Waals surface area contributed by atoms with Gasteiger partial charge < -0.3 is 20.1 Å². The molecule has 1 amide bonds. The first-order chi connectivity index (χ1) is 8.72. The number of benzene rings is 1. The van der Waals surface area contributed by atoms with Gasteiger partial charge in [0.1, 0.15) is 0 Å². The van der Waals surface area contributed by atoms with Crippen LogP contribution in [0.2, 0.25) is 0 Å². The first-order valence-electron chi connectivity index (χ1n) is 5.95. The van der Waals surface area contributed by atoms with E-state index in [2.05, 4.69) is 16.7 Å². The Hall–Kier alpha value is -1.59. The maximum absolute atomic E-state index is 11.2. The fraction of sp³-hybridized carbons (Fsp3) is 0.462. The molecule has 0 bridgehead atoms. The smallest absolute Gasteiger partial charge is 0.224 e. The molecule has 0 unspecified atom stereocenters. The topological polar surface area (TPSA) is 59.6 Å². The van der Waals surface area contributed by atoms with Gasteiger partial charge in [0.05, 0.1) is 6.54 Å². The molecular formula is C13H18N2O3. The predicted molar refractivity (Wildman–Crippen MR) is 69.7 cm³/mol. The zero-order chi connectivity index (χ0) is 13.0. The van der Waals surface area contributed by atoms with Crippen molar-refractivity contribution >= 4 is 17.3 Å². The summed E-state index contributed by atoms with van der Waals surface area (Å²) >= 11 is 0. The molecule has 0 saturated heterocycles. The van der Waals surface area contributed by atoms with Gasteiger partial charge in [-0.2, -0.15) is 0 Å². The Morgan fingerprint density at radius 2 is 2.11 bits per heavy atom. The highest BCUT2D eigenvalue weighted by Crippen LogP contribution is 2.25. The number of fused-ring (bicyclic) bond motifs is 1. The molecule has 0 aliphatic carbocycles. The van der Waals surface area contributed by atoms with Gasteiger partial charge in [0.2, 0.25) is 5.91 Å². The second-order valence-corrected chi connectivity index (χ2v) is 4.20. The van der Waals surface area contributed by atoms with Crippen molar-refractivity contribution in [3.05, 3.63) is 23.8 Å². The van der Waals surface area contributed by atoms with Crippen LogP contribution in [0.25, 0.3) is 0 Å². The van der Waals surface area contributed by atoms with Crippen LogP contribution in [-0.2, 0) is 20.7 Å². The third-order valence-corrected chi connectivity index (χ3v) is 3.00. The first-order valence-corrected chi connectivity index (χ1v) is 5.95. The van der Waals surface area contributed by atoms with Gasteiger partial charge in [-0.3, -0.25) is 4.79 Å². The highest BCUT2D eigenvalue weighted by atomic mass is 16.7. The Kier molecular flexibility index (Phi) is 4.17. The molecular weight excluding hydrogens is 232 g/mol. The van der Waals surface area contributed by atoms with E-state index in [1.165, 1.54) is 0 Å². The SMILES string of the molecule is COC(CNc1ccc2c(c1)CCC(=O)N2)OC. The highest BCUT2D eigenvalue weighted by Gasteiger charge is 2.14. The number of aryl methyl sites for hydroxylation is 1. The van der Waals surface area contributed by atoms with E-state index in [1.807, 2.05) is 12.1 Å². The van der Waals surface area contributed by atoms with Gasteiger partial charge >= 0.3 is 0 Å². The Balaban J connectivity index is 2.01. The number of carbonyl (C=O) groups excluding carboxylic acids is 1. The summed E-state index contributed by atoms with van der Waals surface area (Å²) in [7, 11) is 3.22. The molecule has 0 saturated carbocycles. The van der Waals surface area contributed by atoms with Gasteiger partial charge in [0, 0.05) is 32.0 Å². The molecule has 0 spiro atoms. The van der Waals surface area contributed by atoms with Gasteiger partial charge in [-0.1, -0.05) is 0 Å². The van der Waals surface area contributed by atoms with Gasteiger partial charge in [0.25, 0.3) is 0 Å². The molecule has 1 aliphatic rings. The summed E-state index contributed by atoms with van der Waals surface area (Å²) in [5, 5.41) is 6.10. The van der Waals surface area contributed by atoms with E-state index in [0.717, 1.165) is 23.4 Å². The van der Waals surface area contributed by atoms with Crippen LogP contribution in [0.4, 0.5) is 11.4 Å². The Bertz CT molecular complexity index is 430. The molecule has 5 nitrogen and oxygen atoms in total. The summed E-state index contributed by atoms with van der Waals surface area (Å²) < 4.78 is 10.2. The fourth-order valence-corrected chi connectivity index (χ4v) is 1.96. The number of amides is 1. The lowest BCUT2D eigenvalue weighted by Crippen LogP contribution is -2.24. The van der Waals surface area contributed by atoms with E-state index in [0.29, 0.717) is 13.0 Å². The maximum atomic E-state index is 11.2. The quantitative estimate of drug-likeness (QED) is 0.779. The zero-order valence-electron chi connectivity index (χ0n) is 10.7. The second kappa shape index (κ2) is 5.84. The van der Waals surface area contributed by atoms with E-state index in [4.69, 9.17) is 9.47 Å². The minimum absolute atomic E-state index is 0.0852. The van der Waals surface area contributed by atoms with Gasteiger partial charge in [0.15, 0.2) is 6.29 Å². The maximum Gasteiger partial charge on any atom is 0.224 e. The molecule has 18 heavy (non-hydrogen) atoms. The van der Waals surface area contributed by atoms with Crippen LogP contribution >= 0.6 is 0 Å². The molecule has 0 fully saturated rings. The summed E-state index contributed by atoms with van der Waals surface area (Å²) in [5.41, 5.74) is 3.07. The average Bonchev–Trinajstić information content (AvgIpc) is 2.40. The summed E-state index contributed by atoms with van der Waals surface area (Å²) in [6.07, 6.45) is 1.07. The Morgan fingerprint density at radius 3 is 2.83 bits per heavy atom. The number of rotatable bonds is 5. The van der Waals surface area contributed by atoms with Crippen molar-refractivity contribution in [3.8, 4) is 0 Å². The van der Waals surface area contributed by atoms with Gasteiger partial charge in [-0.05, 0) is 30.2 Å². The van der Waals surface area contributed by atoms with E-state index >= 15 is 0 Å². The number of hydrogen-bond acceptors (Lipinski definition) is 4. The van der Waals surface area contributed by atoms with Crippen LogP contribution in [0.15, 0.2) is 18.2 Å². The molecule has 0 atom stereocenters. The van der Waals surface area contributed by atoms with Crippen LogP contribution < -0.4 is 10.6 Å². The molecule has 1 aromatic rings. The van der Waals surface area contributed by atoms with Crippen molar-refractivity contribution in [2.24, 2.45) is 0 Å². The standard InChI is InChI=1S/C13H18N2O3/c1-17-13(18-2)8-14-10-4-5-11-9(7-10)3-6-12(16)15-11/h4-5,7,13-14H,3,6,8H2,1-2H3,(H,15,16). The van der Waals surface area contributed by atoms with E-state index < -0.39 is 0 Å². The van der Waals surface area contributed by atoms with Gasteiger partial charge in [-0.25, -0.2) is 0 Å². The van der Waals surface area contributed by atoms with Crippen LogP contribution in [0.3, 0.4) is 0 Å². The number of hydrogen-bond donors (Lipinski definition) is 2. The molecule has 2 rings (SSSR count). The van der Waals surface area contributed by atoms with E-state index in [-0.39, 0.29) is 12.2 Å². The largest absolute Gasteiger partial charge is 0.380 e. The zero-order valence-corrected chi connectivity index (χ0v) is 10.7. The Morgan fingerprint density at radius 1 is 1.33 bits per heavy atom.